The Kier molecular flexibility index (Phi) is 4.53. The monoisotopic (exact) mass is 514 g/mol. The highest BCUT2D eigenvalue weighted by Gasteiger charge is 2.36. The van der Waals surface area contributed by atoms with Gasteiger partial charge in [-0.3, -0.25) is 9.98 Å². The van der Waals surface area contributed by atoms with Crippen LogP contribution in [0.2, 0.25) is 0 Å². The Labute approximate surface area is 231 Å². The molecular formula is C36H26N4. The number of nitrogens with zero attached hydrogens (tertiary/aromatic N) is 2. The van der Waals surface area contributed by atoms with Crippen molar-refractivity contribution in [3.8, 4) is 0 Å². The lowest BCUT2D eigenvalue weighted by Crippen LogP contribution is -2.13. The van der Waals surface area contributed by atoms with E-state index in [1.807, 2.05) is 0 Å². The molecule has 1 saturated heterocycles. The molecule has 5 heterocycles. The van der Waals surface area contributed by atoms with Gasteiger partial charge >= 0.3 is 0 Å². The van der Waals surface area contributed by atoms with Crippen molar-refractivity contribution >= 4 is 34.3 Å². The molecule has 4 unspecified atom stereocenters. The lowest BCUT2D eigenvalue weighted by Gasteiger charge is -2.15. The molecule has 0 radical (unpaired) electrons. The normalized spacial score (nSPS) is 29.3. The smallest absolute Gasteiger partial charge is 0.0967 e. The third-order valence-electron chi connectivity index (χ3n) is 8.82. The predicted octanol–water partition coefficient (Wildman–Crippen LogP) is 5.56. The maximum absolute atomic E-state index is 5.28. The Morgan fingerprint density at radius 3 is 1.85 bits per heavy atom. The van der Waals surface area contributed by atoms with Crippen molar-refractivity contribution in [1.82, 2.24) is 10.3 Å². The van der Waals surface area contributed by atoms with Gasteiger partial charge in [0, 0.05) is 55.8 Å². The van der Waals surface area contributed by atoms with Crippen molar-refractivity contribution in [2.75, 3.05) is 0 Å². The number of benzene rings is 3. The van der Waals surface area contributed by atoms with Crippen molar-refractivity contribution < 1.29 is 0 Å². The van der Waals surface area contributed by atoms with Gasteiger partial charge in [0.25, 0.3) is 0 Å². The average molecular weight is 515 g/mol. The van der Waals surface area contributed by atoms with Gasteiger partial charge in [-0.05, 0) is 35.4 Å². The molecular weight excluding hydrogens is 488 g/mol. The third-order valence-corrected chi connectivity index (χ3v) is 8.82. The van der Waals surface area contributed by atoms with Crippen LogP contribution >= 0.6 is 0 Å². The van der Waals surface area contributed by atoms with Gasteiger partial charge in [0.15, 0.2) is 0 Å². The third kappa shape index (κ3) is 3.19. The van der Waals surface area contributed by atoms with E-state index in [2.05, 4.69) is 132 Å². The van der Waals surface area contributed by atoms with Crippen LogP contribution in [0.4, 0.5) is 0 Å². The summed E-state index contributed by atoms with van der Waals surface area (Å²) >= 11 is 0. The first-order valence-electron chi connectivity index (χ1n) is 14.0. The van der Waals surface area contributed by atoms with Gasteiger partial charge in [0.1, 0.15) is 0 Å². The van der Waals surface area contributed by atoms with Gasteiger partial charge in [0.05, 0.1) is 23.5 Å². The van der Waals surface area contributed by atoms with Crippen LogP contribution in [-0.4, -0.2) is 16.4 Å². The van der Waals surface area contributed by atoms with Crippen LogP contribution in [0.3, 0.4) is 0 Å². The second-order valence-electron chi connectivity index (χ2n) is 11.1. The molecule has 4 heteroatoms. The Morgan fingerprint density at radius 1 is 0.550 bits per heavy atom. The fourth-order valence-electron chi connectivity index (χ4n) is 6.95. The summed E-state index contributed by atoms with van der Waals surface area (Å²) in [7, 11) is 0. The number of aromatic nitrogens is 1. The number of H-pyrrole nitrogens is 1. The molecule has 1 aromatic heterocycles. The zero-order valence-corrected chi connectivity index (χ0v) is 21.8. The van der Waals surface area contributed by atoms with Crippen LogP contribution in [0.25, 0.3) is 22.9 Å². The Hall–Kier alpha value is -4.96. The molecule has 3 aromatic carbocycles. The lowest BCUT2D eigenvalue weighted by atomic mass is 9.86. The summed E-state index contributed by atoms with van der Waals surface area (Å²) in [5.74, 6) is 0.516. The van der Waals surface area contributed by atoms with Gasteiger partial charge in [0.2, 0.25) is 0 Å². The molecule has 9 rings (SSSR count). The first-order valence-corrected chi connectivity index (χ1v) is 14.0. The van der Waals surface area contributed by atoms with Crippen LogP contribution in [0.1, 0.15) is 34.3 Å². The molecule has 190 valence electrons. The van der Waals surface area contributed by atoms with E-state index in [0.717, 1.165) is 22.1 Å². The van der Waals surface area contributed by atoms with Gasteiger partial charge in [-0.2, -0.15) is 0 Å². The minimum atomic E-state index is -0.0613. The number of allylic oxidation sites excluding steroid dienone is 5. The van der Waals surface area contributed by atoms with Crippen molar-refractivity contribution in [1.29, 1.82) is 0 Å². The van der Waals surface area contributed by atoms with Crippen LogP contribution in [0.5, 0.6) is 0 Å². The lowest BCUT2D eigenvalue weighted by molar-refractivity contribution is 0.663. The molecule has 0 spiro atoms. The highest BCUT2D eigenvalue weighted by atomic mass is 15.0. The Balaban J connectivity index is 1.36. The van der Waals surface area contributed by atoms with Crippen LogP contribution in [0.15, 0.2) is 131 Å². The molecule has 4 aliphatic heterocycles. The number of aliphatic imine (C=N–C) groups is 2. The maximum atomic E-state index is 5.28. The average Bonchev–Trinajstić information content (AvgIpc) is 3.73. The van der Waals surface area contributed by atoms with E-state index in [9.17, 15) is 0 Å². The number of nitrogens with one attached hydrogen (secondary N) is 2. The predicted molar refractivity (Wildman–Crippen MR) is 162 cm³/mol. The van der Waals surface area contributed by atoms with Crippen LogP contribution < -0.4 is 16.0 Å². The number of fused-ring (bicyclic) bond motifs is 18. The van der Waals surface area contributed by atoms with E-state index in [-0.39, 0.29) is 23.9 Å². The first-order chi connectivity index (χ1) is 19.8. The first kappa shape index (κ1) is 21.9. The molecule has 0 amide bonds. The molecule has 4 atom stereocenters. The zero-order valence-electron chi connectivity index (χ0n) is 21.8. The van der Waals surface area contributed by atoms with E-state index in [1.165, 1.54) is 44.4 Å². The highest BCUT2D eigenvalue weighted by molar-refractivity contribution is 6.23. The summed E-state index contributed by atoms with van der Waals surface area (Å²) in [5.41, 5.74) is 9.32. The van der Waals surface area contributed by atoms with Crippen molar-refractivity contribution in [2.24, 2.45) is 21.8 Å². The minimum absolute atomic E-state index is 0.0432. The van der Waals surface area contributed by atoms with E-state index >= 15 is 0 Å². The van der Waals surface area contributed by atoms with Crippen LogP contribution in [-0.2, 0) is 0 Å². The molecule has 8 bridgehead atoms. The molecule has 1 aliphatic carbocycles. The molecule has 5 aliphatic rings. The quantitative estimate of drug-likeness (QED) is 0.317. The molecule has 4 nitrogen and oxygen atoms in total. The molecule has 0 saturated carbocycles. The number of aromatic amines is 1. The summed E-state index contributed by atoms with van der Waals surface area (Å²) in [6, 6.07) is 25.8. The summed E-state index contributed by atoms with van der Waals surface area (Å²) < 4.78 is 0. The molecule has 1 fully saturated rings. The summed E-state index contributed by atoms with van der Waals surface area (Å²) in [4.78, 5) is 14.3. The Morgan fingerprint density at radius 2 is 1.12 bits per heavy atom. The summed E-state index contributed by atoms with van der Waals surface area (Å²) in [6.45, 7) is 0. The fraction of sp³-hybridized carbons (Fsp3) is 0.111. The SMILES string of the molecule is C1=CC2/C3=C/C4=NC(/C=c5\[nH]/c(c6ccccc56)=C\C5=NC(/C=C(\N3)C2C=C1)c1ccccc15)c1ccccc14. The van der Waals surface area contributed by atoms with E-state index < -0.39 is 0 Å². The van der Waals surface area contributed by atoms with Gasteiger partial charge in [-0.25, -0.2) is 0 Å². The summed E-state index contributed by atoms with van der Waals surface area (Å²) in [5, 5.41) is 8.38. The van der Waals surface area contributed by atoms with Gasteiger partial charge in [-0.15, -0.1) is 0 Å². The zero-order chi connectivity index (χ0) is 26.2. The van der Waals surface area contributed by atoms with Gasteiger partial charge < -0.3 is 10.3 Å². The largest absolute Gasteiger partial charge is 0.361 e. The highest BCUT2D eigenvalue weighted by Crippen LogP contribution is 2.41. The molecule has 4 aromatic rings. The van der Waals surface area contributed by atoms with Crippen molar-refractivity contribution in [3.63, 3.8) is 0 Å². The topological polar surface area (TPSA) is 52.5 Å². The standard InChI is InChI=1S/C36H26N4/c1-2-10-22-21(9-1)29-17-31-23-11-3-4-12-24(23)33(38-31)19-35-27-15-7-8-16-28(27)36(40-35)20-34-26-14-6-5-13-25(26)32(39-34)18-30(22)37-29/h1-22,31,34,37,40H/b29-17-,30-18-,35-19-,36-20-. The maximum Gasteiger partial charge on any atom is 0.0967 e. The van der Waals surface area contributed by atoms with Crippen LogP contribution in [0, 0.1) is 11.8 Å². The minimum Gasteiger partial charge on any atom is -0.361 e. The van der Waals surface area contributed by atoms with E-state index in [1.54, 1.807) is 0 Å². The number of hydrogen-bond acceptors (Lipinski definition) is 3. The van der Waals surface area contributed by atoms with E-state index in [0.29, 0.717) is 0 Å². The number of hydrogen-bond donors (Lipinski definition) is 2. The second kappa shape index (κ2) is 8.27. The van der Waals surface area contributed by atoms with Crippen molar-refractivity contribution in [2.45, 2.75) is 12.1 Å². The fourth-order valence-corrected chi connectivity index (χ4v) is 6.95. The number of rotatable bonds is 0. The van der Waals surface area contributed by atoms with E-state index in [4.69, 9.17) is 9.98 Å². The molecule has 40 heavy (non-hydrogen) atoms. The summed E-state index contributed by atoms with van der Waals surface area (Å²) in [6.07, 6.45) is 18.0. The molecule has 2 N–H and O–H groups in total. The Bertz CT molecular complexity index is 2060. The van der Waals surface area contributed by atoms with Crippen molar-refractivity contribution in [3.05, 3.63) is 154 Å². The van der Waals surface area contributed by atoms with Gasteiger partial charge in [-0.1, -0.05) is 97.1 Å². The second-order valence-corrected chi connectivity index (χ2v) is 11.1.